The van der Waals surface area contributed by atoms with Crippen molar-refractivity contribution in [3.63, 3.8) is 0 Å². The third-order valence-corrected chi connectivity index (χ3v) is 8.04. The molecule has 1 aromatic carbocycles. The maximum Gasteiger partial charge on any atom is 0.341 e. The molecule has 0 spiro atoms. The standard InChI is InChI=1S/C27H31FN6O5S/c1-2-3-10-40-27-30-22(13-23(35)31-27)29-24(36)15-32-6-8-33(9-7-32)21-12-20-17(11-19(21)28)25(37)18(26(38)39)14-34(20)16-4-5-16/h11-14,16H,2-10,15H2,1H3,(H,38,39)(H2,29,30,31,35,36). The van der Waals surface area contributed by atoms with E-state index in [1.54, 1.807) is 10.6 Å². The van der Waals surface area contributed by atoms with E-state index in [9.17, 15) is 24.3 Å². The monoisotopic (exact) mass is 570 g/mol. The molecule has 11 nitrogen and oxygen atoms in total. The molecule has 3 heterocycles. The first-order valence-electron chi connectivity index (χ1n) is 13.4. The molecule has 0 atom stereocenters. The summed E-state index contributed by atoms with van der Waals surface area (Å²) >= 11 is 1.43. The number of nitrogens with one attached hydrogen (secondary N) is 2. The first-order valence-corrected chi connectivity index (χ1v) is 14.3. The number of aromatic nitrogens is 3. The van der Waals surface area contributed by atoms with E-state index in [0.29, 0.717) is 42.5 Å². The van der Waals surface area contributed by atoms with Crippen LogP contribution in [0.5, 0.6) is 0 Å². The average Bonchev–Trinajstić information content (AvgIpc) is 3.74. The fourth-order valence-electron chi connectivity index (χ4n) is 4.82. The van der Waals surface area contributed by atoms with Gasteiger partial charge in [-0.25, -0.2) is 14.2 Å². The number of hydrogen-bond acceptors (Lipinski definition) is 8. The van der Waals surface area contributed by atoms with Gasteiger partial charge in [0.1, 0.15) is 17.2 Å². The number of carboxylic acids is 1. The number of carbonyl (C=O) groups is 2. The molecule has 40 heavy (non-hydrogen) atoms. The summed E-state index contributed by atoms with van der Waals surface area (Å²) in [6.45, 7) is 4.09. The van der Waals surface area contributed by atoms with E-state index in [2.05, 4.69) is 22.2 Å². The van der Waals surface area contributed by atoms with Crippen molar-refractivity contribution in [3.8, 4) is 0 Å². The molecule has 2 fully saturated rings. The van der Waals surface area contributed by atoms with Crippen molar-refractivity contribution >= 4 is 46.0 Å². The van der Waals surface area contributed by atoms with Crippen molar-refractivity contribution in [2.75, 3.05) is 48.7 Å². The van der Waals surface area contributed by atoms with Gasteiger partial charge in [-0.2, -0.15) is 0 Å². The van der Waals surface area contributed by atoms with Gasteiger partial charge in [-0.3, -0.25) is 19.3 Å². The minimum Gasteiger partial charge on any atom is -0.477 e. The number of carbonyl (C=O) groups excluding carboxylic acids is 1. The number of aromatic carboxylic acids is 1. The van der Waals surface area contributed by atoms with Crippen LogP contribution < -0.4 is 21.2 Å². The van der Waals surface area contributed by atoms with Gasteiger partial charge in [-0.05, 0) is 31.4 Å². The molecule has 1 aliphatic carbocycles. The Morgan fingerprint density at radius 3 is 2.60 bits per heavy atom. The maximum atomic E-state index is 15.2. The van der Waals surface area contributed by atoms with Crippen molar-refractivity contribution < 1.29 is 19.1 Å². The summed E-state index contributed by atoms with van der Waals surface area (Å²) < 4.78 is 17.0. The second-order valence-electron chi connectivity index (χ2n) is 10.1. The predicted octanol–water partition coefficient (Wildman–Crippen LogP) is 2.91. The number of anilines is 2. The SMILES string of the molecule is CCCCSc1nc(NC(=O)CN2CCN(c3cc4c(cc3F)c(=O)c(C(=O)O)cn4C3CC3)CC2)cc(=O)[nH]1. The smallest absolute Gasteiger partial charge is 0.341 e. The van der Waals surface area contributed by atoms with Gasteiger partial charge < -0.3 is 24.9 Å². The molecular formula is C27H31FN6O5S. The molecule has 1 saturated heterocycles. The number of carboxylic acid groups (broad SMARTS) is 1. The number of pyridine rings is 1. The largest absolute Gasteiger partial charge is 0.477 e. The highest BCUT2D eigenvalue weighted by molar-refractivity contribution is 7.99. The zero-order valence-corrected chi connectivity index (χ0v) is 22.9. The molecule has 5 rings (SSSR count). The Balaban J connectivity index is 1.25. The molecular weight excluding hydrogens is 539 g/mol. The van der Waals surface area contributed by atoms with E-state index in [1.165, 1.54) is 24.0 Å². The third-order valence-electron chi connectivity index (χ3n) is 7.08. The number of H-pyrrole nitrogens is 1. The molecule has 212 valence electrons. The number of thioether (sulfide) groups is 1. The van der Waals surface area contributed by atoms with Gasteiger partial charge in [-0.15, -0.1) is 0 Å². The number of halogens is 1. The number of piperazine rings is 1. The summed E-state index contributed by atoms with van der Waals surface area (Å²) in [7, 11) is 0. The highest BCUT2D eigenvalue weighted by Crippen LogP contribution is 2.38. The molecule has 0 unspecified atom stereocenters. The Bertz CT molecular complexity index is 1560. The zero-order chi connectivity index (χ0) is 28.4. The fourth-order valence-corrected chi connectivity index (χ4v) is 5.78. The quantitative estimate of drug-likeness (QED) is 0.191. The number of fused-ring (bicyclic) bond motifs is 1. The molecule has 13 heteroatoms. The predicted molar refractivity (Wildman–Crippen MR) is 151 cm³/mol. The molecule has 0 bridgehead atoms. The van der Waals surface area contributed by atoms with E-state index < -0.39 is 17.2 Å². The second kappa shape index (κ2) is 11.8. The Hall–Kier alpha value is -3.71. The minimum absolute atomic E-state index is 0.0589. The van der Waals surface area contributed by atoms with Crippen molar-refractivity contribution in [2.45, 2.75) is 43.8 Å². The normalized spacial score (nSPS) is 15.9. The van der Waals surface area contributed by atoms with Gasteiger partial charge in [0.25, 0.3) is 5.56 Å². The number of benzene rings is 1. The number of unbranched alkanes of at least 4 members (excludes halogenated alkanes) is 1. The molecule has 2 aliphatic rings. The van der Waals surface area contributed by atoms with E-state index in [1.807, 2.05) is 9.80 Å². The maximum absolute atomic E-state index is 15.2. The lowest BCUT2D eigenvalue weighted by atomic mass is 10.1. The Labute approximate surface area is 233 Å². The molecule has 0 radical (unpaired) electrons. The molecule has 1 amide bonds. The van der Waals surface area contributed by atoms with Crippen LogP contribution in [0.2, 0.25) is 0 Å². The van der Waals surface area contributed by atoms with E-state index in [0.717, 1.165) is 37.5 Å². The van der Waals surface area contributed by atoms with Crippen LogP contribution in [0.3, 0.4) is 0 Å². The summed E-state index contributed by atoms with van der Waals surface area (Å²) in [6, 6.07) is 4.12. The Morgan fingerprint density at radius 2 is 1.93 bits per heavy atom. The van der Waals surface area contributed by atoms with E-state index in [-0.39, 0.29) is 40.8 Å². The number of rotatable bonds is 10. The van der Waals surface area contributed by atoms with Crippen LogP contribution in [0.25, 0.3) is 10.9 Å². The first-order chi connectivity index (χ1) is 19.2. The number of amides is 1. The number of aromatic amines is 1. The highest BCUT2D eigenvalue weighted by atomic mass is 32.2. The third kappa shape index (κ3) is 6.20. The number of nitrogens with zero attached hydrogens (tertiary/aromatic N) is 4. The van der Waals surface area contributed by atoms with Crippen LogP contribution in [-0.2, 0) is 4.79 Å². The van der Waals surface area contributed by atoms with Crippen molar-refractivity contribution in [1.82, 2.24) is 19.4 Å². The second-order valence-corrected chi connectivity index (χ2v) is 11.2. The van der Waals surface area contributed by atoms with Crippen molar-refractivity contribution in [1.29, 1.82) is 0 Å². The van der Waals surface area contributed by atoms with Crippen LogP contribution in [0.4, 0.5) is 15.9 Å². The minimum atomic E-state index is -1.33. The van der Waals surface area contributed by atoms with Gasteiger partial charge in [0.15, 0.2) is 5.16 Å². The van der Waals surface area contributed by atoms with E-state index in [4.69, 9.17) is 0 Å². The lowest BCUT2D eigenvalue weighted by Crippen LogP contribution is -2.49. The number of hydrogen-bond donors (Lipinski definition) is 3. The van der Waals surface area contributed by atoms with Crippen LogP contribution in [0, 0.1) is 5.82 Å². The molecule has 3 N–H and O–H groups in total. The molecule has 1 aliphatic heterocycles. The summed E-state index contributed by atoms with van der Waals surface area (Å²) in [5.41, 5.74) is -0.522. The Morgan fingerprint density at radius 1 is 1.18 bits per heavy atom. The van der Waals surface area contributed by atoms with Gasteiger partial charge >= 0.3 is 5.97 Å². The van der Waals surface area contributed by atoms with Crippen molar-refractivity contribution in [2.24, 2.45) is 0 Å². The van der Waals surface area contributed by atoms with Crippen LogP contribution in [0.1, 0.15) is 49.0 Å². The van der Waals surface area contributed by atoms with Gasteiger partial charge in [0.05, 0.1) is 17.7 Å². The van der Waals surface area contributed by atoms with Gasteiger partial charge in [0.2, 0.25) is 11.3 Å². The van der Waals surface area contributed by atoms with Crippen molar-refractivity contribution in [3.05, 3.63) is 56.4 Å². The van der Waals surface area contributed by atoms with Crippen LogP contribution in [0.15, 0.2) is 39.1 Å². The molecule has 1 saturated carbocycles. The zero-order valence-electron chi connectivity index (χ0n) is 22.1. The summed E-state index contributed by atoms with van der Waals surface area (Å²) in [5.74, 6) is -1.19. The first kappa shape index (κ1) is 27.8. The lowest BCUT2D eigenvalue weighted by Gasteiger charge is -2.36. The van der Waals surface area contributed by atoms with Gasteiger partial charge in [0, 0.05) is 55.6 Å². The molecule has 2 aromatic heterocycles. The van der Waals surface area contributed by atoms with E-state index >= 15 is 4.39 Å². The fraction of sp³-hybridized carbons (Fsp3) is 0.444. The lowest BCUT2D eigenvalue weighted by molar-refractivity contribution is -0.117. The van der Waals surface area contributed by atoms with Crippen LogP contribution in [-0.4, -0.2) is 74.9 Å². The summed E-state index contributed by atoms with van der Waals surface area (Å²) in [4.78, 5) is 59.8. The molecule has 3 aromatic rings. The topological polar surface area (TPSA) is 141 Å². The van der Waals surface area contributed by atoms with Crippen LogP contribution >= 0.6 is 11.8 Å². The summed E-state index contributed by atoms with van der Waals surface area (Å²) in [5, 5.41) is 12.7. The summed E-state index contributed by atoms with van der Waals surface area (Å²) in [6.07, 6.45) is 5.13. The Kier molecular flexibility index (Phi) is 8.22. The highest BCUT2D eigenvalue weighted by Gasteiger charge is 2.28. The average molecular weight is 571 g/mol. The van der Waals surface area contributed by atoms with Gasteiger partial charge in [-0.1, -0.05) is 25.1 Å².